The van der Waals surface area contributed by atoms with Gasteiger partial charge in [0.25, 0.3) is 0 Å². The fourth-order valence-electron chi connectivity index (χ4n) is 2.37. The number of hydrogen-bond donors (Lipinski definition) is 0. The van der Waals surface area contributed by atoms with Gasteiger partial charge in [0.05, 0.1) is 6.54 Å². The summed E-state index contributed by atoms with van der Waals surface area (Å²) in [6.45, 7) is 0.819. The molecule has 17 heavy (non-hydrogen) atoms. The lowest BCUT2D eigenvalue weighted by Crippen LogP contribution is -2.02. The van der Waals surface area contributed by atoms with Crippen molar-refractivity contribution in [3.8, 4) is 0 Å². The van der Waals surface area contributed by atoms with Crippen LogP contribution in [0.15, 0.2) is 33.5 Å². The van der Waals surface area contributed by atoms with E-state index in [9.17, 15) is 0 Å². The second-order valence-electron chi connectivity index (χ2n) is 4.40. The van der Waals surface area contributed by atoms with E-state index in [0.717, 1.165) is 15.8 Å². The number of nitrogens with zero attached hydrogens (tertiary/aromatic N) is 2. The number of hydrogen-bond acceptors (Lipinski definition) is 1. The van der Waals surface area contributed by atoms with Crippen molar-refractivity contribution in [3.05, 3.63) is 50.2 Å². The molecular weight excluding hydrogens is 344 g/mol. The summed E-state index contributed by atoms with van der Waals surface area (Å²) in [5, 5.41) is 4.39. The Morgan fingerprint density at radius 2 is 1.94 bits per heavy atom. The van der Waals surface area contributed by atoms with Crippen LogP contribution in [0.2, 0.25) is 0 Å². The van der Waals surface area contributed by atoms with Gasteiger partial charge in [0, 0.05) is 6.07 Å². The molecule has 1 heterocycles. The average molecular weight is 356 g/mol. The summed E-state index contributed by atoms with van der Waals surface area (Å²) in [6.07, 6.45) is 3.77. The van der Waals surface area contributed by atoms with E-state index in [1.54, 1.807) is 0 Å². The van der Waals surface area contributed by atoms with Crippen LogP contribution in [-0.4, -0.2) is 9.78 Å². The molecule has 0 atom stereocenters. The van der Waals surface area contributed by atoms with Crippen LogP contribution in [0.4, 0.5) is 0 Å². The molecule has 1 aromatic heterocycles. The Bertz CT molecular complexity index is 561. The van der Waals surface area contributed by atoms with Crippen LogP contribution in [0.25, 0.3) is 0 Å². The first-order chi connectivity index (χ1) is 8.22. The highest BCUT2D eigenvalue weighted by molar-refractivity contribution is 9.11. The Morgan fingerprint density at radius 3 is 2.71 bits per heavy atom. The van der Waals surface area contributed by atoms with E-state index in [-0.39, 0.29) is 0 Å². The second-order valence-corrected chi connectivity index (χ2v) is 6.03. The van der Waals surface area contributed by atoms with Crippen LogP contribution in [-0.2, 0) is 19.4 Å². The largest absolute Gasteiger partial charge is 0.253 e. The molecule has 1 aliphatic carbocycles. The topological polar surface area (TPSA) is 17.8 Å². The third-order valence-electron chi connectivity index (χ3n) is 3.20. The Hall–Kier alpha value is -0.610. The normalized spacial score (nSPS) is 14.0. The number of fused-ring (bicyclic) bond motifs is 1. The molecule has 0 fully saturated rings. The van der Waals surface area contributed by atoms with Crippen molar-refractivity contribution < 1.29 is 0 Å². The van der Waals surface area contributed by atoms with Gasteiger partial charge >= 0.3 is 0 Å². The minimum absolute atomic E-state index is 0.819. The third-order valence-corrected chi connectivity index (χ3v) is 4.22. The van der Waals surface area contributed by atoms with Gasteiger partial charge in [-0.05, 0) is 67.8 Å². The Kier molecular flexibility index (Phi) is 3.09. The maximum Gasteiger partial charge on any atom is 0.129 e. The van der Waals surface area contributed by atoms with Crippen molar-refractivity contribution in [1.82, 2.24) is 9.78 Å². The van der Waals surface area contributed by atoms with Gasteiger partial charge in [-0.15, -0.1) is 0 Å². The molecule has 1 aliphatic rings. The summed E-state index contributed by atoms with van der Waals surface area (Å²) in [5.41, 5.74) is 4.36. The molecular formula is C13H12Br2N2. The fraction of sp³-hybridized carbons (Fsp3) is 0.308. The number of aryl methyl sites for hydroxylation is 2. The predicted octanol–water partition coefficient (Wildman–Crippen LogP) is 3.95. The van der Waals surface area contributed by atoms with Crippen LogP contribution in [0.3, 0.4) is 0 Å². The standard InChI is InChI=1S/C13H12Br2N2/c14-12-7-13(15)17(16-12)8-9-4-5-10-2-1-3-11(10)6-9/h4-7H,1-3,8H2. The molecule has 0 saturated carbocycles. The summed E-state index contributed by atoms with van der Waals surface area (Å²) in [4.78, 5) is 0. The van der Waals surface area contributed by atoms with Crippen molar-refractivity contribution in [1.29, 1.82) is 0 Å². The Balaban J connectivity index is 1.88. The van der Waals surface area contributed by atoms with Gasteiger partial charge in [-0.2, -0.15) is 5.10 Å². The lowest BCUT2D eigenvalue weighted by molar-refractivity contribution is 0.666. The summed E-state index contributed by atoms with van der Waals surface area (Å²) in [5.74, 6) is 0. The van der Waals surface area contributed by atoms with E-state index in [4.69, 9.17) is 0 Å². The van der Waals surface area contributed by atoms with Crippen molar-refractivity contribution in [3.63, 3.8) is 0 Å². The van der Waals surface area contributed by atoms with Crippen LogP contribution in [0.5, 0.6) is 0 Å². The molecule has 2 nitrogen and oxygen atoms in total. The maximum absolute atomic E-state index is 4.39. The second kappa shape index (κ2) is 4.58. The van der Waals surface area contributed by atoms with Gasteiger partial charge in [-0.25, -0.2) is 0 Å². The highest BCUT2D eigenvalue weighted by Crippen LogP contribution is 2.24. The van der Waals surface area contributed by atoms with Crippen molar-refractivity contribution in [2.24, 2.45) is 0 Å². The molecule has 0 bridgehead atoms. The first-order valence-corrected chi connectivity index (χ1v) is 7.30. The highest BCUT2D eigenvalue weighted by Gasteiger charge is 2.11. The summed E-state index contributed by atoms with van der Waals surface area (Å²) >= 11 is 6.89. The zero-order valence-corrected chi connectivity index (χ0v) is 12.5. The molecule has 0 saturated heterocycles. The van der Waals surface area contributed by atoms with Crippen LogP contribution < -0.4 is 0 Å². The highest BCUT2D eigenvalue weighted by atomic mass is 79.9. The van der Waals surface area contributed by atoms with E-state index in [2.05, 4.69) is 55.2 Å². The van der Waals surface area contributed by atoms with Crippen LogP contribution in [0, 0.1) is 0 Å². The van der Waals surface area contributed by atoms with E-state index in [1.807, 2.05) is 10.7 Å². The molecule has 0 spiro atoms. The molecule has 2 aromatic rings. The smallest absolute Gasteiger partial charge is 0.129 e. The zero-order chi connectivity index (χ0) is 11.8. The Morgan fingerprint density at radius 1 is 1.12 bits per heavy atom. The fourth-order valence-corrected chi connectivity index (χ4v) is 3.51. The molecule has 1 aromatic carbocycles. The maximum atomic E-state index is 4.39. The van der Waals surface area contributed by atoms with Crippen molar-refractivity contribution in [2.45, 2.75) is 25.8 Å². The SMILES string of the molecule is Brc1cc(Br)n(Cc2ccc3c(c2)CCC3)n1. The molecule has 0 amide bonds. The lowest BCUT2D eigenvalue weighted by Gasteiger charge is -2.06. The van der Waals surface area contributed by atoms with E-state index in [1.165, 1.54) is 36.0 Å². The molecule has 0 aliphatic heterocycles. The van der Waals surface area contributed by atoms with Gasteiger partial charge in [-0.3, -0.25) is 4.68 Å². The third kappa shape index (κ3) is 2.33. The first-order valence-electron chi connectivity index (χ1n) is 5.72. The summed E-state index contributed by atoms with van der Waals surface area (Å²) < 4.78 is 3.83. The monoisotopic (exact) mass is 354 g/mol. The van der Waals surface area contributed by atoms with E-state index in [0.29, 0.717) is 0 Å². The number of aromatic nitrogens is 2. The van der Waals surface area contributed by atoms with E-state index >= 15 is 0 Å². The van der Waals surface area contributed by atoms with Gasteiger partial charge in [0.2, 0.25) is 0 Å². The minimum Gasteiger partial charge on any atom is -0.253 e. The zero-order valence-electron chi connectivity index (χ0n) is 9.29. The molecule has 3 rings (SSSR count). The number of rotatable bonds is 2. The lowest BCUT2D eigenvalue weighted by atomic mass is 10.1. The minimum atomic E-state index is 0.819. The molecule has 0 unspecified atom stereocenters. The molecule has 4 heteroatoms. The van der Waals surface area contributed by atoms with Gasteiger partial charge < -0.3 is 0 Å². The van der Waals surface area contributed by atoms with E-state index < -0.39 is 0 Å². The first kappa shape index (κ1) is 11.5. The predicted molar refractivity (Wildman–Crippen MR) is 75.2 cm³/mol. The van der Waals surface area contributed by atoms with Crippen molar-refractivity contribution in [2.75, 3.05) is 0 Å². The van der Waals surface area contributed by atoms with Gasteiger partial charge in [0.15, 0.2) is 0 Å². The van der Waals surface area contributed by atoms with Crippen molar-refractivity contribution >= 4 is 31.9 Å². The molecule has 0 radical (unpaired) electrons. The quantitative estimate of drug-likeness (QED) is 0.797. The summed E-state index contributed by atoms with van der Waals surface area (Å²) in [7, 11) is 0. The molecule has 88 valence electrons. The Labute approximate surface area is 117 Å². The number of halogens is 2. The van der Waals surface area contributed by atoms with Crippen LogP contribution >= 0.6 is 31.9 Å². The van der Waals surface area contributed by atoms with Gasteiger partial charge in [0.1, 0.15) is 9.21 Å². The molecule has 0 N–H and O–H groups in total. The summed E-state index contributed by atoms with van der Waals surface area (Å²) in [6, 6.07) is 8.77. The van der Waals surface area contributed by atoms with Gasteiger partial charge in [-0.1, -0.05) is 18.2 Å². The number of benzene rings is 1. The van der Waals surface area contributed by atoms with Crippen LogP contribution in [0.1, 0.15) is 23.1 Å². The average Bonchev–Trinajstić information content (AvgIpc) is 2.85.